The number of hydrogen-bond acceptors (Lipinski definition) is 3. The first kappa shape index (κ1) is 16.3. The Morgan fingerprint density at radius 3 is 2.90 bits per heavy atom. The van der Waals surface area contributed by atoms with Crippen molar-refractivity contribution in [1.82, 2.24) is 4.90 Å². The molecule has 1 aromatic rings. The second-order valence-electron chi connectivity index (χ2n) is 5.98. The van der Waals surface area contributed by atoms with E-state index in [-0.39, 0.29) is 12.0 Å². The minimum atomic E-state index is -0.233. The first-order valence-electron chi connectivity index (χ1n) is 8.37. The fourth-order valence-electron chi connectivity index (χ4n) is 3.00. The molecule has 0 spiro atoms. The molecule has 3 heteroatoms. The molecule has 1 fully saturated rings. The number of ether oxygens (including phenoxy) is 1. The van der Waals surface area contributed by atoms with Gasteiger partial charge < -0.3 is 14.7 Å². The average molecular weight is 291 g/mol. The molecule has 1 aliphatic rings. The van der Waals surface area contributed by atoms with Gasteiger partial charge in [0.2, 0.25) is 0 Å². The van der Waals surface area contributed by atoms with Gasteiger partial charge in [-0.3, -0.25) is 0 Å². The number of likely N-dealkylation sites (N-methyl/N-ethyl adjacent to an activating group) is 1. The lowest BCUT2D eigenvalue weighted by Gasteiger charge is -2.36. The van der Waals surface area contributed by atoms with Crippen molar-refractivity contribution in [3.8, 4) is 5.75 Å². The van der Waals surface area contributed by atoms with Gasteiger partial charge in [-0.15, -0.1) is 0 Å². The van der Waals surface area contributed by atoms with Crippen LogP contribution in [0, 0.1) is 0 Å². The lowest BCUT2D eigenvalue weighted by atomic mass is 9.88. The van der Waals surface area contributed by atoms with E-state index in [0.717, 1.165) is 44.8 Å². The highest BCUT2D eigenvalue weighted by molar-refractivity contribution is 5.32. The molecule has 21 heavy (non-hydrogen) atoms. The molecular formula is C18H29NO2. The van der Waals surface area contributed by atoms with Gasteiger partial charge in [-0.1, -0.05) is 38.8 Å². The summed E-state index contributed by atoms with van der Waals surface area (Å²) in [5.41, 5.74) is 1.20. The second-order valence-corrected chi connectivity index (χ2v) is 5.98. The molecule has 0 aromatic heterocycles. The van der Waals surface area contributed by atoms with Crippen LogP contribution in [0.15, 0.2) is 24.3 Å². The van der Waals surface area contributed by atoms with E-state index in [9.17, 15) is 5.11 Å². The average Bonchev–Trinajstić information content (AvgIpc) is 2.52. The van der Waals surface area contributed by atoms with Crippen molar-refractivity contribution in [2.24, 2.45) is 0 Å². The third-order valence-corrected chi connectivity index (χ3v) is 4.41. The Morgan fingerprint density at radius 2 is 2.14 bits per heavy atom. The quantitative estimate of drug-likeness (QED) is 0.781. The molecule has 0 radical (unpaired) electrons. The van der Waals surface area contributed by atoms with Crippen LogP contribution in [0.3, 0.4) is 0 Å². The third-order valence-electron chi connectivity index (χ3n) is 4.41. The number of rotatable bonds is 7. The summed E-state index contributed by atoms with van der Waals surface area (Å²) in [6.07, 6.45) is 4.16. The van der Waals surface area contributed by atoms with Crippen LogP contribution in [0.25, 0.3) is 0 Å². The van der Waals surface area contributed by atoms with Crippen molar-refractivity contribution in [3.05, 3.63) is 29.8 Å². The van der Waals surface area contributed by atoms with Crippen LogP contribution < -0.4 is 4.74 Å². The molecule has 3 nitrogen and oxygen atoms in total. The van der Waals surface area contributed by atoms with Crippen LogP contribution >= 0.6 is 0 Å². The lowest BCUT2D eigenvalue weighted by Crippen LogP contribution is -2.41. The summed E-state index contributed by atoms with van der Waals surface area (Å²) in [7, 11) is 0. The van der Waals surface area contributed by atoms with Gasteiger partial charge in [0.05, 0.1) is 12.7 Å². The van der Waals surface area contributed by atoms with E-state index >= 15 is 0 Å². The summed E-state index contributed by atoms with van der Waals surface area (Å²) in [6.45, 7) is 8.16. The van der Waals surface area contributed by atoms with Crippen LogP contribution in [0.2, 0.25) is 0 Å². The first-order chi connectivity index (χ1) is 10.2. The van der Waals surface area contributed by atoms with E-state index < -0.39 is 0 Å². The Hall–Kier alpha value is -1.06. The van der Waals surface area contributed by atoms with E-state index in [2.05, 4.69) is 30.9 Å². The molecule has 1 aromatic carbocycles. The smallest absolute Gasteiger partial charge is 0.119 e. The normalized spacial score (nSPS) is 23.2. The Labute approximate surface area is 128 Å². The Morgan fingerprint density at radius 1 is 1.29 bits per heavy atom. The molecule has 1 saturated heterocycles. The summed E-state index contributed by atoms with van der Waals surface area (Å²) in [5, 5.41) is 10.3. The van der Waals surface area contributed by atoms with Crippen molar-refractivity contribution < 1.29 is 9.84 Å². The number of likely N-dealkylation sites (tertiary alicyclic amines) is 1. The fourth-order valence-corrected chi connectivity index (χ4v) is 3.00. The Bertz CT molecular complexity index is 421. The van der Waals surface area contributed by atoms with Crippen LogP contribution in [0.4, 0.5) is 0 Å². The molecule has 0 bridgehead atoms. The SMILES string of the molecule is CCCCCOc1cccc([C@@H]2CN(CC)CC[C@H]2O)c1. The summed E-state index contributed by atoms with van der Waals surface area (Å²) in [5.74, 6) is 1.14. The maximum absolute atomic E-state index is 10.3. The van der Waals surface area contributed by atoms with Crippen molar-refractivity contribution >= 4 is 0 Å². The highest BCUT2D eigenvalue weighted by Gasteiger charge is 2.28. The van der Waals surface area contributed by atoms with Gasteiger partial charge in [0.25, 0.3) is 0 Å². The second kappa shape index (κ2) is 8.40. The number of aliphatic hydroxyl groups is 1. The van der Waals surface area contributed by atoms with Gasteiger partial charge in [-0.05, 0) is 37.1 Å². The molecule has 2 rings (SSSR count). The van der Waals surface area contributed by atoms with Crippen LogP contribution in [-0.2, 0) is 0 Å². The van der Waals surface area contributed by atoms with E-state index in [4.69, 9.17) is 4.74 Å². The van der Waals surface area contributed by atoms with Crippen molar-refractivity contribution in [2.75, 3.05) is 26.2 Å². The Balaban J connectivity index is 1.98. The Kier molecular flexibility index (Phi) is 6.52. The molecule has 1 aliphatic heterocycles. The summed E-state index contributed by atoms with van der Waals surface area (Å²) in [6, 6.07) is 8.29. The van der Waals surface area contributed by atoms with Gasteiger partial charge in [0, 0.05) is 19.0 Å². The number of benzene rings is 1. The highest BCUT2D eigenvalue weighted by Crippen LogP contribution is 2.29. The molecule has 0 saturated carbocycles. The van der Waals surface area contributed by atoms with Crippen molar-refractivity contribution in [2.45, 2.75) is 51.6 Å². The van der Waals surface area contributed by atoms with E-state index in [1.54, 1.807) is 0 Å². The zero-order valence-electron chi connectivity index (χ0n) is 13.4. The maximum atomic E-state index is 10.3. The number of hydrogen-bond donors (Lipinski definition) is 1. The van der Waals surface area contributed by atoms with Crippen molar-refractivity contribution in [1.29, 1.82) is 0 Å². The zero-order valence-corrected chi connectivity index (χ0v) is 13.4. The summed E-state index contributed by atoms with van der Waals surface area (Å²) in [4.78, 5) is 2.41. The molecule has 1 N–H and O–H groups in total. The summed E-state index contributed by atoms with van der Waals surface area (Å²) >= 11 is 0. The minimum absolute atomic E-state index is 0.206. The lowest BCUT2D eigenvalue weighted by molar-refractivity contribution is 0.0623. The van der Waals surface area contributed by atoms with Crippen molar-refractivity contribution in [3.63, 3.8) is 0 Å². The molecule has 0 unspecified atom stereocenters. The van der Waals surface area contributed by atoms with Crippen LogP contribution in [0.5, 0.6) is 5.75 Å². The topological polar surface area (TPSA) is 32.7 Å². The van der Waals surface area contributed by atoms with Gasteiger partial charge in [0.1, 0.15) is 5.75 Å². The highest BCUT2D eigenvalue weighted by atomic mass is 16.5. The predicted molar refractivity (Wildman–Crippen MR) is 86.9 cm³/mol. The van der Waals surface area contributed by atoms with Gasteiger partial charge in [-0.25, -0.2) is 0 Å². The molecule has 1 heterocycles. The first-order valence-corrected chi connectivity index (χ1v) is 8.37. The van der Waals surface area contributed by atoms with E-state index in [0.29, 0.717) is 0 Å². The number of aliphatic hydroxyl groups excluding tert-OH is 1. The molecule has 2 atom stereocenters. The molecule has 0 amide bonds. The largest absolute Gasteiger partial charge is 0.494 e. The third kappa shape index (κ3) is 4.72. The number of nitrogens with zero attached hydrogens (tertiary/aromatic N) is 1. The van der Waals surface area contributed by atoms with Crippen LogP contribution in [-0.4, -0.2) is 42.4 Å². The van der Waals surface area contributed by atoms with Crippen LogP contribution in [0.1, 0.15) is 51.0 Å². The monoisotopic (exact) mass is 291 g/mol. The van der Waals surface area contributed by atoms with E-state index in [1.807, 2.05) is 12.1 Å². The van der Waals surface area contributed by atoms with Gasteiger partial charge in [-0.2, -0.15) is 0 Å². The summed E-state index contributed by atoms with van der Waals surface area (Å²) < 4.78 is 5.83. The predicted octanol–water partition coefficient (Wildman–Crippen LogP) is 3.43. The standard InChI is InChI=1S/C18H29NO2/c1-3-5-6-12-21-16-9-7-8-15(13-16)17-14-19(4-2)11-10-18(17)20/h7-9,13,17-18,20H,3-6,10-12,14H2,1-2H3/t17-,18+/m0/s1. The number of unbranched alkanes of at least 4 members (excludes halogenated alkanes) is 2. The van der Waals surface area contributed by atoms with E-state index in [1.165, 1.54) is 18.4 Å². The molecule has 0 aliphatic carbocycles. The zero-order chi connectivity index (χ0) is 15.1. The number of piperidine rings is 1. The molecular weight excluding hydrogens is 262 g/mol. The van der Waals surface area contributed by atoms with Gasteiger partial charge >= 0.3 is 0 Å². The van der Waals surface area contributed by atoms with Gasteiger partial charge in [0.15, 0.2) is 0 Å². The fraction of sp³-hybridized carbons (Fsp3) is 0.667. The minimum Gasteiger partial charge on any atom is -0.494 e. The molecule has 118 valence electrons. The maximum Gasteiger partial charge on any atom is 0.119 e.